The summed E-state index contributed by atoms with van der Waals surface area (Å²) in [5.74, 6) is -0.0599. The molecule has 0 saturated carbocycles. The smallest absolute Gasteiger partial charge is 0.305 e. The standard InChI is InChI=1S/C67H127NO5/c1-3-5-7-9-11-13-15-17-35-39-43-47-51-55-59-65(70)64(63-69)68-66(71)60-56-52-48-44-40-36-33-31-29-27-25-23-21-19-20-22-24-26-28-30-32-34-38-42-46-50-54-58-62-73-67(72)61-57-53-49-45-41-37-18-16-14-12-10-8-6-4-2/h16,18-20,55,59,64-65,69-70H,3-15,17,21-54,56-58,60-63H2,1-2H3,(H,68,71)/b18-16-,20-19-,59-55+. The van der Waals surface area contributed by atoms with Crippen molar-refractivity contribution in [3.05, 3.63) is 36.5 Å². The van der Waals surface area contributed by atoms with E-state index in [1.54, 1.807) is 6.08 Å². The SMILES string of the molecule is CCCCCCC/C=C\CCCCCCCC(=O)OCCCCCCCCCCCCCC/C=C\CCCCCCCCCCCCCCC(=O)NC(CO)C(O)/C=C/CCCCCCCCCCCCCC. The third-order valence-corrected chi connectivity index (χ3v) is 15.1. The first-order valence-corrected chi connectivity index (χ1v) is 32.8. The van der Waals surface area contributed by atoms with Crippen molar-refractivity contribution in [3.8, 4) is 0 Å². The first-order valence-electron chi connectivity index (χ1n) is 32.8. The van der Waals surface area contributed by atoms with Crippen molar-refractivity contribution in [2.24, 2.45) is 0 Å². The number of unbranched alkanes of at least 4 members (excludes halogenated alkanes) is 46. The fraction of sp³-hybridized carbons (Fsp3) is 0.881. The molecule has 0 aliphatic heterocycles. The topological polar surface area (TPSA) is 95.9 Å². The molecule has 0 heterocycles. The lowest BCUT2D eigenvalue weighted by molar-refractivity contribution is -0.143. The Morgan fingerprint density at radius 3 is 0.973 bits per heavy atom. The quantitative estimate of drug-likeness (QED) is 0.0320. The number of allylic oxidation sites excluding steroid dienone is 5. The largest absolute Gasteiger partial charge is 0.466 e. The Bertz CT molecular complexity index is 1180. The first kappa shape index (κ1) is 71.1. The molecule has 73 heavy (non-hydrogen) atoms. The Hall–Kier alpha value is -1.92. The molecule has 0 bridgehead atoms. The van der Waals surface area contributed by atoms with Crippen LogP contribution in [-0.2, 0) is 14.3 Å². The maximum absolute atomic E-state index is 12.5. The molecule has 0 fully saturated rings. The van der Waals surface area contributed by atoms with Gasteiger partial charge in [-0.05, 0) is 83.5 Å². The van der Waals surface area contributed by atoms with E-state index in [1.807, 2.05) is 6.08 Å². The number of ether oxygens (including phenoxy) is 1. The summed E-state index contributed by atoms with van der Waals surface area (Å²) < 4.78 is 5.48. The van der Waals surface area contributed by atoms with Gasteiger partial charge in [-0.2, -0.15) is 0 Å². The van der Waals surface area contributed by atoms with Crippen LogP contribution in [0.3, 0.4) is 0 Å². The van der Waals surface area contributed by atoms with E-state index in [0.717, 1.165) is 44.9 Å². The average molecular weight is 1030 g/mol. The number of amides is 1. The number of aliphatic hydroxyl groups excluding tert-OH is 2. The molecule has 0 aromatic carbocycles. The van der Waals surface area contributed by atoms with Crippen molar-refractivity contribution in [2.45, 2.75) is 366 Å². The lowest BCUT2D eigenvalue weighted by Gasteiger charge is -2.20. The summed E-state index contributed by atoms with van der Waals surface area (Å²) in [5, 5.41) is 23.1. The summed E-state index contributed by atoms with van der Waals surface area (Å²) in [6.07, 6.45) is 79.2. The zero-order valence-electron chi connectivity index (χ0n) is 49.1. The van der Waals surface area contributed by atoms with Crippen LogP contribution >= 0.6 is 0 Å². The molecule has 6 heteroatoms. The number of esters is 1. The molecular formula is C67H127NO5. The summed E-state index contributed by atoms with van der Waals surface area (Å²) in [4.78, 5) is 24.5. The lowest BCUT2D eigenvalue weighted by Crippen LogP contribution is -2.45. The lowest BCUT2D eigenvalue weighted by atomic mass is 10.0. The summed E-state index contributed by atoms with van der Waals surface area (Å²) in [6, 6.07) is -0.627. The third-order valence-electron chi connectivity index (χ3n) is 15.1. The number of rotatable bonds is 61. The van der Waals surface area contributed by atoms with E-state index in [9.17, 15) is 19.8 Å². The second-order valence-corrected chi connectivity index (χ2v) is 22.4. The minimum absolute atomic E-state index is 0.00697. The Kier molecular flexibility index (Phi) is 61.0. The molecule has 430 valence electrons. The highest BCUT2D eigenvalue weighted by molar-refractivity contribution is 5.76. The highest BCUT2D eigenvalue weighted by Gasteiger charge is 2.18. The van der Waals surface area contributed by atoms with Crippen LogP contribution < -0.4 is 5.32 Å². The molecule has 0 saturated heterocycles. The molecule has 6 nitrogen and oxygen atoms in total. The molecule has 3 N–H and O–H groups in total. The van der Waals surface area contributed by atoms with Crippen LogP contribution in [0.2, 0.25) is 0 Å². The van der Waals surface area contributed by atoms with Gasteiger partial charge in [-0.25, -0.2) is 0 Å². The van der Waals surface area contributed by atoms with Crippen molar-refractivity contribution in [1.82, 2.24) is 5.32 Å². The van der Waals surface area contributed by atoms with Crippen LogP contribution in [0.1, 0.15) is 354 Å². The first-order chi connectivity index (χ1) is 36.0. The summed E-state index contributed by atoms with van der Waals surface area (Å²) in [7, 11) is 0. The summed E-state index contributed by atoms with van der Waals surface area (Å²) in [5.41, 5.74) is 0. The minimum atomic E-state index is -0.844. The van der Waals surface area contributed by atoms with Crippen LogP contribution in [0.15, 0.2) is 36.5 Å². The summed E-state index contributed by atoms with van der Waals surface area (Å²) in [6.45, 7) is 4.91. The zero-order valence-corrected chi connectivity index (χ0v) is 49.1. The highest BCUT2D eigenvalue weighted by Crippen LogP contribution is 2.17. The molecule has 0 aromatic rings. The van der Waals surface area contributed by atoms with E-state index in [-0.39, 0.29) is 18.5 Å². The van der Waals surface area contributed by atoms with Crippen molar-refractivity contribution < 1.29 is 24.5 Å². The molecule has 0 aromatic heterocycles. The zero-order chi connectivity index (χ0) is 52.9. The molecule has 0 aliphatic carbocycles. The maximum Gasteiger partial charge on any atom is 0.305 e. The van der Waals surface area contributed by atoms with Gasteiger partial charge in [0.05, 0.1) is 25.4 Å². The van der Waals surface area contributed by atoms with E-state index in [4.69, 9.17) is 4.74 Å². The Balaban J connectivity index is 3.39. The highest BCUT2D eigenvalue weighted by atomic mass is 16.5. The van der Waals surface area contributed by atoms with Gasteiger partial charge in [0.25, 0.3) is 0 Å². The Labute approximate surface area is 455 Å². The van der Waals surface area contributed by atoms with Crippen molar-refractivity contribution in [2.75, 3.05) is 13.2 Å². The summed E-state index contributed by atoms with van der Waals surface area (Å²) >= 11 is 0. The molecule has 2 unspecified atom stereocenters. The molecular weight excluding hydrogens is 899 g/mol. The van der Waals surface area contributed by atoms with Gasteiger partial charge < -0.3 is 20.3 Å². The van der Waals surface area contributed by atoms with E-state index in [0.29, 0.717) is 19.4 Å². The van der Waals surface area contributed by atoms with Crippen LogP contribution in [0.25, 0.3) is 0 Å². The Morgan fingerprint density at radius 2 is 0.644 bits per heavy atom. The molecule has 0 spiro atoms. The second-order valence-electron chi connectivity index (χ2n) is 22.4. The number of carbonyl (C=O) groups is 2. The van der Waals surface area contributed by atoms with E-state index >= 15 is 0 Å². The van der Waals surface area contributed by atoms with Gasteiger partial charge in [-0.3, -0.25) is 9.59 Å². The molecule has 2 atom stereocenters. The number of nitrogens with one attached hydrogen (secondary N) is 1. The number of hydrogen-bond acceptors (Lipinski definition) is 5. The average Bonchev–Trinajstić information content (AvgIpc) is 3.39. The maximum atomic E-state index is 12.5. The normalized spacial score (nSPS) is 12.8. The van der Waals surface area contributed by atoms with Gasteiger partial charge in [0.1, 0.15) is 0 Å². The minimum Gasteiger partial charge on any atom is -0.466 e. The number of carbonyl (C=O) groups excluding carboxylic acids is 2. The molecule has 0 rings (SSSR count). The fourth-order valence-electron chi connectivity index (χ4n) is 10.1. The van der Waals surface area contributed by atoms with Crippen LogP contribution in [0.4, 0.5) is 0 Å². The van der Waals surface area contributed by atoms with E-state index < -0.39 is 12.1 Å². The van der Waals surface area contributed by atoms with Gasteiger partial charge in [-0.15, -0.1) is 0 Å². The van der Waals surface area contributed by atoms with E-state index in [2.05, 4.69) is 43.5 Å². The van der Waals surface area contributed by atoms with Crippen LogP contribution in [0, 0.1) is 0 Å². The number of aliphatic hydroxyl groups is 2. The predicted octanol–water partition coefficient (Wildman–Crippen LogP) is 20.8. The van der Waals surface area contributed by atoms with E-state index in [1.165, 1.54) is 283 Å². The third kappa shape index (κ3) is 59.2. The van der Waals surface area contributed by atoms with Crippen LogP contribution in [-0.4, -0.2) is 47.4 Å². The van der Waals surface area contributed by atoms with Gasteiger partial charge >= 0.3 is 5.97 Å². The Morgan fingerprint density at radius 1 is 0.370 bits per heavy atom. The molecule has 0 radical (unpaired) electrons. The predicted molar refractivity (Wildman–Crippen MR) is 319 cm³/mol. The fourth-order valence-corrected chi connectivity index (χ4v) is 10.1. The van der Waals surface area contributed by atoms with Crippen LogP contribution in [0.5, 0.6) is 0 Å². The number of hydrogen-bond donors (Lipinski definition) is 3. The monoisotopic (exact) mass is 1030 g/mol. The van der Waals surface area contributed by atoms with Crippen molar-refractivity contribution in [3.63, 3.8) is 0 Å². The second kappa shape index (κ2) is 62.6. The molecule has 1 amide bonds. The van der Waals surface area contributed by atoms with Crippen molar-refractivity contribution in [1.29, 1.82) is 0 Å². The van der Waals surface area contributed by atoms with Gasteiger partial charge in [-0.1, -0.05) is 294 Å². The van der Waals surface area contributed by atoms with Crippen molar-refractivity contribution >= 4 is 11.9 Å². The van der Waals surface area contributed by atoms with Gasteiger partial charge in [0.2, 0.25) is 5.91 Å². The van der Waals surface area contributed by atoms with Gasteiger partial charge in [0, 0.05) is 12.8 Å². The molecule has 0 aliphatic rings. The van der Waals surface area contributed by atoms with Gasteiger partial charge in [0.15, 0.2) is 0 Å².